The van der Waals surface area contributed by atoms with Crippen LogP contribution in [0.2, 0.25) is 0 Å². The molecule has 0 radical (unpaired) electrons. The van der Waals surface area contributed by atoms with Gasteiger partial charge >= 0.3 is 6.09 Å². The second-order valence-corrected chi connectivity index (χ2v) is 7.95. The van der Waals surface area contributed by atoms with Crippen molar-refractivity contribution < 1.29 is 9.53 Å². The smallest absolute Gasteiger partial charge is 0.410 e. The van der Waals surface area contributed by atoms with Gasteiger partial charge in [-0.1, -0.05) is 19.8 Å². The third-order valence-corrected chi connectivity index (χ3v) is 4.86. The van der Waals surface area contributed by atoms with E-state index in [0.717, 1.165) is 6.42 Å². The van der Waals surface area contributed by atoms with E-state index in [0.29, 0.717) is 13.1 Å². The number of H-pyrrole nitrogens is 1. The maximum atomic E-state index is 12.3. The lowest BCUT2D eigenvalue weighted by molar-refractivity contribution is 0.0222. The summed E-state index contributed by atoms with van der Waals surface area (Å²) < 4.78 is 5.52. The molecule has 5 nitrogen and oxygen atoms in total. The zero-order valence-electron chi connectivity index (χ0n) is 14.2. The predicted molar refractivity (Wildman–Crippen MR) is 84.8 cm³/mol. The van der Waals surface area contributed by atoms with Crippen LogP contribution in [0, 0.1) is 0 Å². The minimum absolute atomic E-state index is 0.168. The normalized spacial score (nSPS) is 20.8. The van der Waals surface area contributed by atoms with Crippen molar-refractivity contribution in [3.8, 4) is 0 Å². The van der Waals surface area contributed by atoms with Crippen molar-refractivity contribution in [1.29, 1.82) is 0 Å². The fourth-order valence-electron chi connectivity index (χ4n) is 3.67. The Morgan fingerprint density at radius 3 is 2.64 bits per heavy atom. The van der Waals surface area contributed by atoms with Crippen LogP contribution in [0.15, 0.2) is 0 Å². The van der Waals surface area contributed by atoms with E-state index in [1.165, 1.54) is 42.6 Å². The fraction of sp³-hybridized carbons (Fsp3) is 0.765. The lowest BCUT2D eigenvalue weighted by Gasteiger charge is -2.31. The average Bonchev–Trinajstić information content (AvgIpc) is 3.02. The van der Waals surface area contributed by atoms with Gasteiger partial charge in [-0.25, -0.2) is 4.79 Å². The number of carbonyl (C=O) groups excluding carboxylic acids is 1. The first-order valence-electron chi connectivity index (χ1n) is 8.33. The summed E-state index contributed by atoms with van der Waals surface area (Å²) in [4.78, 5) is 14.1. The van der Waals surface area contributed by atoms with Gasteiger partial charge in [0.1, 0.15) is 5.60 Å². The molecule has 0 aromatic carbocycles. The Morgan fingerprint density at radius 1 is 1.32 bits per heavy atom. The van der Waals surface area contributed by atoms with Crippen LogP contribution in [-0.4, -0.2) is 33.3 Å². The van der Waals surface area contributed by atoms with Crippen molar-refractivity contribution in [3.63, 3.8) is 0 Å². The summed E-state index contributed by atoms with van der Waals surface area (Å²) in [6, 6.07) is 0. The number of ether oxygens (including phenoxy) is 1. The molecule has 1 aromatic heterocycles. The van der Waals surface area contributed by atoms with Crippen LogP contribution in [-0.2, 0) is 23.1 Å². The first-order chi connectivity index (χ1) is 10.3. The molecule has 122 valence electrons. The zero-order valence-corrected chi connectivity index (χ0v) is 14.2. The number of nitrogens with zero attached hydrogens (tertiary/aromatic N) is 2. The van der Waals surface area contributed by atoms with E-state index in [4.69, 9.17) is 4.74 Å². The number of aromatic amines is 1. The number of fused-ring (bicyclic) bond motifs is 1. The Morgan fingerprint density at radius 2 is 2.00 bits per heavy atom. The van der Waals surface area contributed by atoms with Crippen molar-refractivity contribution in [2.24, 2.45) is 0 Å². The summed E-state index contributed by atoms with van der Waals surface area (Å²) in [5.41, 5.74) is 3.31. The van der Waals surface area contributed by atoms with Gasteiger partial charge in [0, 0.05) is 29.6 Å². The van der Waals surface area contributed by atoms with Gasteiger partial charge in [-0.15, -0.1) is 0 Å². The first kappa shape index (κ1) is 15.4. The molecule has 3 rings (SSSR count). The van der Waals surface area contributed by atoms with Crippen LogP contribution < -0.4 is 0 Å². The number of rotatable bonds is 1. The fourth-order valence-corrected chi connectivity index (χ4v) is 3.67. The highest BCUT2D eigenvalue weighted by molar-refractivity contribution is 5.68. The van der Waals surface area contributed by atoms with E-state index in [1.54, 1.807) is 0 Å². The summed E-state index contributed by atoms with van der Waals surface area (Å²) in [5.74, 6) is 0. The minimum atomic E-state index is -0.450. The third kappa shape index (κ3) is 2.85. The van der Waals surface area contributed by atoms with Crippen molar-refractivity contribution in [3.05, 3.63) is 17.0 Å². The van der Waals surface area contributed by atoms with Crippen molar-refractivity contribution in [1.82, 2.24) is 15.1 Å². The molecule has 1 fully saturated rings. The molecule has 1 N–H and O–H groups in total. The first-order valence-corrected chi connectivity index (χ1v) is 8.33. The molecule has 2 heterocycles. The van der Waals surface area contributed by atoms with Crippen LogP contribution >= 0.6 is 0 Å². The van der Waals surface area contributed by atoms with E-state index in [2.05, 4.69) is 17.1 Å². The number of hydrogen-bond acceptors (Lipinski definition) is 3. The lowest BCUT2D eigenvalue weighted by atomic mass is 9.82. The van der Waals surface area contributed by atoms with Gasteiger partial charge < -0.3 is 9.64 Å². The summed E-state index contributed by atoms with van der Waals surface area (Å²) in [7, 11) is 0. The molecule has 2 aliphatic rings. The highest BCUT2D eigenvalue weighted by Crippen LogP contribution is 2.42. The number of hydrogen-bond donors (Lipinski definition) is 1. The number of nitrogens with one attached hydrogen (secondary N) is 1. The molecule has 0 bridgehead atoms. The van der Waals surface area contributed by atoms with Crippen LogP contribution in [0.1, 0.15) is 70.3 Å². The Hall–Kier alpha value is -1.52. The maximum Gasteiger partial charge on any atom is 0.410 e. The topological polar surface area (TPSA) is 58.2 Å². The number of amides is 1. The Kier molecular flexibility index (Phi) is 3.69. The second kappa shape index (κ2) is 5.28. The lowest BCUT2D eigenvalue weighted by Crippen LogP contribution is -2.40. The molecule has 0 unspecified atom stereocenters. The van der Waals surface area contributed by atoms with Crippen LogP contribution in [0.25, 0.3) is 0 Å². The molecule has 0 spiro atoms. The van der Waals surface area contributed by atoms with Gasteiger partial charge in [-0.05, 0) is 33.6 Å². The molecule has 1 aromatic rings. The summed E-state index contributed by atoms with van der Waals surface area (Å²) in [6.45, 7) is 9.34. The molecule has 0 saturated heterocycles. The Balaban J connectivity index is 1.80. The molecular formula is C17H27N3O2. The average molecular weight is 305 g/mol. The molecule has 22 heavy (non-hydrogen) atoms. The van der Waals surface area contributed by atoms with Gasteiger partial charge in [-0.3, -0.25) is 5.10 Å². The van der Waals surface area contributed by atoms with Gasteiger partial charge in [0.2, 0.25) is 0 Å². The van der Waals surface area contributed by atoms with E-state index in [1.807, 2.05) is 25.7 Å². The van der Waals surface area contributed by atoms with Gasteiger partial charge in [0.25, 0.3) is 0 Å². The third-order valence-electron chi connectivity index (χ3n) is 4.86. The van der Waals surface area contributed by atoms with Crippen molar-refractivity contribution >= 4 is 6.09 Å². The summed E-state index contributed by atoms with van der Waals surface area (Å²) >= 11 is 0. The molecule has 1 saturated carbocycles. The van der Waals surface area contributed by atoms with E-state index in [-0.39, 0.29) is 11.5 Å². The minimum Gasteiger partial charge on any atom is -0.444 e. The van der Waals surface area contributed by atoms with E-state index >= 15 is 0 Å². The van der Waals surface area contributed by atoms with Gasteiger partial charge in [0.05, 0.1) is 12.2 Å². The Labute approximate surface area is 132 Å². The zero-order chi connectivity index (χ0) is 16.0. The van der Waals surface area contributed by atoms with E-state index in [9.17, 15) is 4.79 Å². The monoisotopic (exact) mass is 305 g/mol. The largest absolute Gasteiger partial charge is 0.444 e. The predicted octanol–water partition coefficient (Wildman–Crippen LogP) is 3.53. The SMILES string of the molecule is CC(C)(C)OC(=O)N1CCc2[nH]nc(C3(C)CCCC3)c2C1. The molecule has 1 amide bonds. The highest BCUT2D eigenvalue weighted by Gasteiger charge is 2.38. The number of aromatic nitrogens is 2. The molecule has 5 heteroatoms. The molecular weight excluding hydrogens is 278 g/mol. The van der Waals surface area contributed by atoms with Crippen molar-refractivity contribution in [2.45, 2.75) is 77.4 Å². The van der Waals surface area contributed by atoms with Gasteiger partial charge in [0.15, 0.2) is 0 Å². The van der Waals surface area contributed by atoms with Crippen LogP contribution in [0.5, 0.6) is 0 Å². The summed E-state index contributed by atoms with van der Waals surface area (Å²) in [5, 5.41) is 7.82. The standard InChI is InChI=1S/C17H27N3O2/c1-16(2,3)22-15(21)20-10-7-13-12(11-20)14(19-18-13)17(4)8-5-6-9-17/h5-11H2,1-4H3,(H,18,19). The number of carbonyl (C=O) groups is 1. The van der Waals surface area contributed by atoms with Crippen molar-refractivity contribution in [2.75, 3.05) is 6.54 Å². The van der Waals surface area contributed by atoms with E-state index < -0.39 is 5.60 Å². The molecule has 1 aliphatic heterocycles. The maximum absolute atomic E-state index is 12.3. The molecule has 1 aliphatic carbocycles. The van der Waals surface area contributed by atoms with Crippen LogP contribution in [0.3, 0.4) is 0 Å². The second-order valence-electron chi connectivity index (χ2n) is 7.95. The molecule has 0 atom stereocenters. The van der Waals surface area contributed by atoms with Gasteiger partial charge in [-0.2, -0.15) is 5.10 Å². The van der Waals surface area contributed by atoms with Crippen LogP contribution in [0.4, 0.5) is 4.79 Å². The Bertz CT molecular complexity index is 565. The highest BCUT2D eigenvalue weighted by atomic mass is 16.6. The summed E-state index contributed by atoms with van der Waals surface area (Å²) in [6.07, 6.45) is 5.54. The quantitative estimate of drug-likeness (QED) is 0.863.